The Morgan fingerprint density at radius 1 is 0.767 bits per heavy atom. The van der Waals surface area contributed by atoms with Crippen LogP contribution in [0.1, 0.15) is 30.5 Å². The van der Waals surface area contributed by atoms with E-state index in [0.29, 0.717) is 6.61 Å². The van der Waals surface area contributed by atoms with Gasteiger partial charge in [-0.15, -0.1) is 0 Å². The van der Waals surface area contributed by atoms with Gasteiger partial charge in [-0.3, -0.25) is 0 Å². The molecule has 0 radical (unpaired) electrons. The molecule has 30 heavy (non-hydrogen) atoms. The number of rotatable bonds is 10. The van der Waals surface area contributed by atoms with Crippen LogP contribution >= 0.6 is 0 Å². The highest BCUT2D eigenvalue weighted by molar-refractivity contribution is 5.91. The monoisotopic (exact) mass is 401 g/mol. The van der Waals surface area contributed by atoms with Crippen molar-refractivity contribution in [1.82, 2.24) is 4.90 Å². The van der Waals surface area contributed by atoms with Crippen LogP contribution in [0.4, 0.5) is 0 Å². The molecule has 3 aromatic rings. The first-order valence-electron chi connectivity index (χ1n) is 10.6. The zero-order valence-electron chi connectivity index (χ0n) is 18.2. The summed E-state index contributed by atoms with van der Waals surface area (Å²) in [7, 11) is 1.69. The van der Waals surface area contributed by atoms with E-state index in [4.69, 9.17) is 9.47 Å². The Morgan fingerprint density at radius 2 is 1.33 bits per heavy atom. The number of ether oxygens (including phenoxy) is 2. The Balaban J connectivity index is 1.82. The summed E-state index contributed by atoms with van der Waals surface area (Å²) < 4.78 is 11.3. The molecule has 0 unspecified atom stereocenters. The Morgan fingerprint density at radius 3 is 1.87 bits per heavy atom. The lowest BCUT2D eigenvalue weighted by atomic mass is 9.95. The SMILES string of the molecule is CCN(CC)CCOc1ccc(/C(=C/c2ccccc2)c2ccc(OC)cc2)cc1. The third-order valence-electron chi connectivity index (χ3n) is 5.25. The normalized spacial score (nSPS) is 11.5. The second-order valence-corrected chi connectivity index (χ2v) is 7.10. The van der Waals surface area contributed by atoms with Crippen molar-refractivity contribution in [3.8, 4) is 11.5 Å². The molecule has 0 atom stereocenters. The summed E-state index contributed by atoms with van der Waals surface area (Å²) in [6.45, 7) is 8.10. The van der Waals surface area contributed by atoms with Gasteiger partial charge in [0, 0.05) is 6.54 Å². The van der Waals surface area contributed by atoms with Crippen LogP contribution in [-0.2, 0) is 0 Å². The minimum absolute atomic E-state index is 0.701. The lowest BCUT2D eigenvalue weighted by Gasteiger charge is -2.18. The highest BCUT2D eigenvalue weighted by atomic mass is 16.5. The highest BCUT2D eigenvalue weighted by Gasteiger charge is 2.07. The van der Waals surface area contributed by atoms with Crippen molar-refractivity contribution >= 4 is 11.6 Å². The lowest BCUT2D eigenvalue weighted by molar-refractivity contribution is 0.223. The van der Waals surface area contributed by atoms with Crippen molar-refractivity contribution in [3.63, 3.8) is 0 Å². The summed E-state index contributed by atoms with van der Waals surface area (Å²) in [5.74, 6) is 1.76. The molecular formula is C27H31NO2. The average molecular weight is 402 g/mol. The zero-order valence-corrected chi connectivity index (χ0v) is 18.2. The number of likely N-dealkylation sites (N-methyl/N-ethyl adjacent to an activating group) is 1. The van der Waals surface area contributed by atoms with Gasteiger partial charge in [-0.2, -0.15) is 0 Å². The van der Waals surface area contributed by atoms with E-state index < -0.39 is 0 Å². The van der Waals surface area contributed by atoms with Crippen LogP contribution in [0.25, 0.3) is 11.6 Å². The highest BCUT2D eigenvalue weighted by Crippen LogP contribution is 2.29. The summed E-state index contributed by atoms with van der Waals surface area (Å²) in [4.78, 5) is 2.36. The second-order valence-electron chi connectivity index (χ2n) is 7.10. The first-order chi connectivity index (χ1) is 14.7. The molecule has 0 heterocycles. The Kier molecular flexibility index (Phi) is 8.10. The fourth-order valence-corrected chi connectivity index (χ4v) is 3.38. The van der Waals surface area contributed by atoms with Crippen LogP contribution in [0.5, 0.6) is 11.5 Å². The molecule has 3 heteroatoms. The van der Waals surface area contributed by atoms with Gasteiger partial charge in [0.2, 0.25) is 0 Å². The number of methoxy groups -OCH3 is 1. The molecule has 0 aliphatic heterocycles. The molecular weight excluding hydrogens is 370 g/mol. The zero-order chi connectivity index (χ0) is 21.2. The van der Waals surface area contributed by atoms with Gasteiger partial charge in [0.05, 0.1) is 7.11 Å². The van der Waals surface area contributed by atoms with E-state index in [1.165, 1.54) is 11.1 Å². The summed E-state index contributed by atoms with van der Waals surface area (Å²) in [5.41, 5.74) is 4.64. The predicted octanol–water partition coefficient (Wildman–Crippen LogP) is 6.00. The average Bonchev–Trinajstić information content (AvgIpc) is 2.82. The van der Waals surface area contributed by atoms with Gasteiger partial charge in [0.25, 0.3) is 0 Å². The van der Waals surface area contributed by atoms with Gasteiger partial charge in [0.1, 0.15) is 18.1 Å². The molecule has 0 saturated carbocycles. The van der Waals surface area contributed by atoms with Crippen molar-refractivity contribution in [2.75, 3.05) is 33.4 Å². The van der Waals surface area contributed by atoms with Gasteiger partial charge in [-0.25, -0.2) is 0 Å². The predicted molar refractivity (Wildman–Crippen MR) is 126 cm³/mol. The maximum absolute atomic E-state index is 5.95. The number of nitrogens with zero attached hydrogens (tertiary/aromatic N) is 1. The molecule has 0 saturated heterocycles. The van der Waals surface area contributed by atoms with E-state index >= 15 is 0 Å². The van der Waals surface area contributed by atoms with Crippen molar-refractivity contribution in [2.45, 2.75) is 13.8 Å². The molecule has 3 rings (SSSR count). The molecule has 0 aliphatic carbocycles. The van der Waals surface area contributed by atoms with Crippen molar-refractivity contribution in [2.24, 2.45) is 0 Å². The van der Waals surface area contributed by atoms with E-state index in [2.05, 4.69) is 85.5 Å². The van der Waals surface area contributed by atoms with Crippen LogP contribution in [0.3, 0.4) is 0 Å². The van der Waals surface area contributed by atoms with Crippen LogP contribution in [0.15, 0.2) is 78.9 Å². The van der Waals surface area contributed by atoms with Gasteiger partial charge in [-0.05, 0) is 65.7 Å². The molecule has 0 spiro atoms. The largest absolute Gasteiger partial charge is 0.497 e. The van der Waals surface area contributed by atoms with Gasteiger partial charge >= 0.3 is 0 Å². The topological polar surface area (TPSA) is 21.7 Å². The quantitative estimate of drug-likeness (QED) is 0.389. The molecule has 0 amide bonds. The fraction of sp³-hybridized carbons (Fsp3) is 0.259. The van der Waals surface area contributed by atoms with Gasteiger partial charge in [0.15, 0.2) is 0 Å². The molecule has 0 aliphatic rings. The molecule has 0 bridgehead atoms. The number of hydrogen-bond acceptors (Lipinski definition) is 3. The maximum atomic E-state index is 5.95. The van der Waals surface area contributed by atoms with Gasteiger partial charge in [-0.1, -0.05) is 68.4 Å². The summed E-state index contributed by atoms with van der Waals surface area (Å²) in [6.07, 6.45) is 2.22. The van der Waals surface area contributed by atoms with E-state index in [1.807, 2.05) is 18.2 Å². The van der Waals surface area contributed by atoms with Crippen LogP contribution in [0, 0.1) is 0 Å². The van der Waals surface area contributed by atoms with E-state index in [-0.39, 0.29) is 0 Å². The van der Waals surface area contributed by atoms with Crippen molar-refractivity contribution in [1.29, 1.82) is 0 Å². The van der Waals surface area contributed by atoms with E-state index in [1.54, 1.807) is 7.11 Å². The number of benzene rings is 3. The first-order valence-corrected chi connectivity index (χ1v) is 10.6. The number of hydrogen-bond donors (Lipinski definition) is 0. The lowest BCUT2D eigenvalue weighted by Crippen LogP contribution is -2.27. The van der Waals surface area contributed by atoms with Crippen molar-refractivity contribution in [3.05, 3.63) is 95.6 Å². The van der Waals surface area contributed by atoms with E-state index in [0.717, 1.165) is 42.3 Å². The molecule has 3 nitrogen and oxygen atoms in total. The minimum Gasteiger partial charge on any atom is -0.497 e. The van der Waals surface area contributed by atoms with Crippen LogP contribution in [-0.4, -0.2) is 38.3 Å². The standard InChI is InChI=1S/C27H31NO2/c1-4-28(5-2)19-20-30-26-17-13-24(14-18-26)27(21-22-9-7-6-8-10-22)23-11-15-25(29-3)16-12-23/h6-18,21H,4-5,19-20H2,1-3H3/b27-21+. The minimum atomic E-state index is 0.701. The van der Waals surface area contributed by atoms with Crippen LogP contribution < -0.4 is 9.47 Å². The Hall–Kier alpha value is -3.04. The molecule has 156 valence electrons. The van der Waals surface area contributed by atoms with E-state index in [9.17, 15) is 0 Å². The fourth-order valence-electron chi connectivity index (χ4n) is 3.38. The smallest absolute Gasteiger partial charge is 0.119 e. The molecule has 0 aromatic heterocycles. The maximum Gasteiger partial charge on any atom is 0.119 e. The Labute approximate surface area is 180 Å². The summed E-state index contributed by atoms with van der Waals surface area (Å²) >= 11 is 0. The summed E-state index contributed by atoms with van der Waals surface area (Å²) in [5, 5.41) is 0. The third kappa shape index (κ3) is 5.98. The third-order valence-corrected chi connectivity index (χ3v) is 5.25. The van der Waals surface area contributed by atoms with Crippen LogP contribution in [0.2, 0.25) is 0 Å². The van der Waals surface area contributed by atoms with Crippen molar-refractivity contribution < 1.29 is 9.47 Å². The summed E-state index contributed by atoms with van der Waals surface area (Å²) in [6, 6.07) is 27.0. The Bertz CT molecular complexity index is 911. The molecule has 0 fully saturated rings. The molecule has 0 N–H and O–H groups in total. The second kappa shape index (κ2) is 11.2. The molecule has 3 aromatic carbocycles. The first kappa shape index (κ1) is 21.7. The van der Waals surface area contributed by atoms with Gasteiger partial charge < -0.3 is 14.4 Å².